The molecule has 1 N–H and O–H groups in total. The first-order chi connectivity index (χ1) is 16.5. The number of carbonyl (C=O) groups is 1. The van der Waals surface area contributed by atoms with Crippen molar-refractivity contribution in [3.05, 3.63) is 107 Å². The Morgan fingerprint density at radius 1 is 0.853 bits per heavy atom. The lowest BCUT2D eigenvalue weighted by atomic mass is 9.83. The first kappa shape index (κ1) is 23.8. The zero-order chi connectivity index (χ0) is 24.1. The number of fused-ring (bicyclic) bond motifs is 1. The van der Waals surface area contributed by atoms with Gasteiger partial charge in [-0.1, -0.05) is 78.9 Å². The molecule has 0 saturated heterocycles. The Morgan fingerprint density at radius 2 is 1.41 bits per heavy atom. The third-order valence-corrected chi connectivity index (χ3v) is 6.19. The van der Waals surface area contributed by atoms with E-state index < -0.39 is 0 Å². The van der Waals surface area contributed by atoms with E-state index in [0.29, 0.717) is 0 Å². The van der Waals surface area contributed by atoms with Crippen molar-refractivity contribution in [1.82, 2.24) is 14.8 Å². The first-order valence-corrected chi connectivity index (χ1v) is 12.1. The lowest BCUT2D eigenvalue weighted by Crippen LogP contribution is -2.33. The number of hydrogen-bond donors (Lipinski definition) is 1. The van der Waals surface area contributed by atoms with Crippen molar-refractivity contribution in [2.24, 2.45) is 0 Å². The van der Waals surface area contributed by atoms with Gasteiger partial charge in [-0.05, 0) is 58.1 Å². The molecule has 34 heavy (non-hydrogen) atoms. The Hall–Kier alpha value is -3.37. The van der Waals surface area contributed by atoms with Gasteiger partial charge in [0.05, 0.1) is 0 Å². The van der Waals surface area contributed by atoms with E-state index in [1.165, 1.54) is 11.1 Å². The fourth-order valence-corrected chi connectivity index (χ4v) is 4.79. The van der Waals surface area contributed by atoms with Crippen LogP contribution in [-0.2, 0) is 6.54 Å². The van der Waals surface area contributed by atoms with E-state index in [1.807, 2.05) is 26.0 Å². The van der Waals surface area contributed by atoms with Gasteiger partial charge in [-0.25, -0.2) is 0 Å². The third kappa shape index (κ3) is 5.07. The van der Waals surface area contributed by atoms with Crippen LogP contribution in [0.5, 0.6) is 0 Å². The summed E-state index contributed by atoms with van der Waals surface area (Å²) >= 11 is 0. The molecule has 0 spiro atoms. The maximum absolute atomic E-state index is 13.8. The summed E-state index contributed by atoms with van der Waals surface area (Å²) in [7, 11) is 4.18. The summed E-state index contributed by atoms with van der Waals surface area (Å²) in [6.07, 6.45) is 0.967. The molecule has 0 bridgehead atoms. The number of aryl methyl sites for hydroxylation is 1. The second-order valence-corrected chi connectivity index (χ2v) is 9.47. The van der Waals surface area contributed by atoms with Gasteiger partial charge in [-0.15, -0.1) is 0 Å². The number of aromatic nitrogens is 1. The summed E-state index contributed by atoms with van der Waals surface area (Å²) < 4.78 is 2.24. The highest BCUT2D eigenvalue weighted by molar-refractivity contribution is 6.03. The highest BCUT2D eigenvalue weighted by atomic mass is 16.2. The molecule has 3 aromatic carbocycles. The maximum atomic E-state index is 13.8. The number of nitrogens with zero attached hydrogens (tertiary/aromatic N) is 2. The Kier molecular flexibility index (Phi) is 7.49. The molecule has 0 aliphatic rings. The molecule has 1 amide bonds. The number of carbonyl (C=O) groups excluding carboxylic acids is 1. The predicted molar refractivity (Wildman–Crippen MR) is 142 cm³/mol. The molecule has 176 valence electrons. The molecule has 4 heteroatoms. The van der Waals surface area contributed by atoms with E-state index in [9.17, 15) is 4.79 Å². The molecule has 0 unspecified atom stereocenters. The monoisotopic (exact) mass is 453 g/mol. The van der Waals surface area contributed by atoms with Gasteiger partial charge in [-0.2, -0.15) is 0 Å². The standard InChI is InChI=1S/C30H35N3O/c1-22(2)31-30(34)29-28(25-18-11-12-19-26(25)33(29)21-13-20-32(3)4)27(23-14-7-5-8-15-23)24-16-9-6-10-17-24/h5-12,14-19,22,27H,13,20-21H2,1-4H3,(H,31,34). The fraction of sp³-hybridized carbons (Fsp3) is 0.300. The lowest BCUT2D eigenvalue weighted by Gasteiger charge is -2.21. The summed E-state index contributed by atoms with van der Waals surface area (Å²) in [5, 5.41) is 4.33. The van der Waals surface area contributed by atoms with E-state index >= 15 is 0 Å². The number of benzene rings is 3. The topological polar surface area (TPSA) is 37.3 Å². The largest absolute Gasteiger partial charge is 0.349 e. The average Bonchev–Trinajstić information content (AvgIpc) is 3.14. The molecular formula is C30H35N3O. The SMILES string of the molecule is CC(C)NC(=O)c1c(C(c2ccccc2)c2ccccc2)c2ccccc2n1CCCN(C)C. The Bertz CT molecular complexity index is 1190. The minimum absolute atomic E-state index is 0.0112. The van der Waals surface area contributed by atoms with Crippen LogP contribution in [-0.4, -0.2) is 42.1 Å². The molecule has 1 heterocycles. The third-order valence-electron chi connectivity index (χ3n) is 6.19. The van der Waals surface area contributed by atoms with Gasteiger partial charge in [0, 0.05) is 35.0 Å². The van der Waals surface area contributed by atoms with E-state index in [4.69, 9.17) is 0 Å². The van der Waals surface area contributed by atoms with Gasteiger partial charge in [-0.3, -0.25) is 4.79 Å². The van der Waals surface area contributed by atoms with Crippen molar-refractivity contribution < 1.29 is 4.79 Å². The van der Waals surface area contributed by atoms with Crippen molar-refractivity contribution >= 4 is 16.8 Å². The molecule has 4 aromatic rings. The molecule has 4 nitrogen and oxygen atoms in total. The molecule has 0 aliphatic carbocycles. The van der Waals surface area contributed by atoms with E-state index in [2.05, 4.69) is 102 Å². The molecule has 0 aliphatic heterocycles. The van der Waals surface area contributed by atoms with Crippen LogP contribution in [0.15, 0.2) is 84.9 Å². The van der Waals surface area contributed by atoms with Crippen molar-refractivity contribution in [3.63, 3.8) is 0 Å². The molecule has 0 fully saturated rings. The maximum Gasteiger partial charge on any atom is 0.268 e. The summed E-state index contributed by atoms with van der Waals surface area (Å²) in [4.78, 5) is 16.0. The highest BCUT2D eigenvalue weighted by Crippen LogP contribution is 2.40. The van der Waals surface area contributed by atoms with Crippen LogP contribution in [0.25, 0.3) is 10.9 Å². The number of amides is 1. The predicted octanol–water partition coefficient (Wildman–Crippen LogP) is 5.91. The second kappa shape index (κ2) is 10.7. The van der Waals surface area contributed by atoms with Crippen LogP contribution < -0.4 is 5.32 Å². The number of nitrogens with one attached hydrogen (secondary N) is 1. The van der Waals surface area contributed by atoms with Crippen LogP contribution in [0, 0.1) is 0 Å². The Balaban J connectivity index is 2.00. The number of para-hydroxylation sites is 1. The lowest BCUT2D eigenvalue weighted by molar-refractivity contribution is 0.0932. The Morgan fingerprint density at radius 3 is 1.97 bits per heavy atom. The highest BCUT2D eigenvalue weighted by Gasteiger charge is 2.30. The van der Waals surface area contributed by atoms with Crippen LogP contribution in [0.3, 0.4) is 0 Å². The summed E-state index contributed by atoms with van der Waals surface area (Å²) in [5.74, 6) is -0.0572. The van der Waals surface area contributed by atoms with Crippen molar-refractivity contribution in [3.8, 4) is 0 Å². The minimum Gasteiger partial charge on any atom is -0.349 e. The van der Waals surface area contributed by atoms with E-state index in [0.717, 1.165) is 41.7 Å². The van der Waals surface area contributed by atoms with E-state index in [1.54, 1.807) is 0 Å². The minimum atomic E-state index is -0.0460. The molecule has 1 aromatic heterocycles. The van der Waals surface area contributed by atoms with E-state index in [-0.39, 0.29) is 17.9 Å². The van der Waals surface area contributed by atoms with Gasteiger partial charge in [0.1, 0.15) is 5.69 Å². The van der Waals surface area contributed by atoms with Crippen molar-refractivity contribution in [2.45, 2.75) is 38.8 Å². The smallest absolute Gasteiger partial charge is 0.268 e. The van der Waals surface area contributed by atoms with Gasteiger partial charge in [0.25, 0.3) is 5.91 Å². The van der Waals surface area contributed by atoms with Gasteiger partial charge >= 0.3 is 0 Å². The van der Waals surface area contributed by atoms with Crippen LogP contribution in [0.2, 0.25) is 0 Å². The van der Waals surface area contributed by atoms with Crippen molar-refractivity contribution in [2.75, 3.05) is 20.6 Å². The van der Waals surface area contributed by atoms with Gasteiger partial charge in [0.15, 0.2) is 0 Å². The van der Waals surface area contributed by atoms with Crippen LogP contribution in [0.1, 0.15) is 53.4 Å². The van der Waals surface area contributed by atoms with Crippen LogP contribution in [0.4, 0.5) is 0 Å². The zero-order valence-electron chi connectivity index (χ0n) is 20.7. The molecule has 0 radical (unpaired) electrons. The molecule has 4 rings (SSSR count). The summed E-state index contributed by atoms with van der Waals surface area (Å²) in [6.45, 7) is 5.79. The van der Waals surface area contributed by atoms with Crippen molar-refractivity contribution in [1.29, 1.82) is 0 Å². The Labute approximate surface area is 203 Å². The zero-order valence-corrected chi connectivity index (χ0v) is 20.7. The van der Waals surface area contributed by atoms with Crippen LogP contribution >= 0.6 is 0 Å². The summed E-state index contributed by atoms with van der Waals surface area (Å²) in [6, 6.07) is 29.6. The van der Waals surface area contributed by atoms with Gasteiger partial charge < -0.3 is 14.8 Å². The second-order valence-electron chi connectivity index (χ2n) is 9.47. The van der Waals surface area contributed by atoms with Gasteiger partial charge in [0.2, 0.25) is 0 Å². The number of hydrogen-bond acceptors (Lipinski definition) is 2. The quantitative estimate of drug-likeness (QED) is 0.342. The first-order valence-electron chi connectivity index (χ1n) is 12.1. The molecule has 0 saturated carbocycles. The summed E-state index contributed by atoms with van der Waals surface area (Å²) in [5.41, 5.74) is 5.33. The number of rotatable bonds is 9. The molecular weight excluding hydrogens is 418 g/mol. The average molecular weight is 454 g/mol. The normalized spacial score (nSPS) is 11.6. The molecule has 0 atom stereocenters. The fourth-order valence-electron chi connectivity index (χ4n) is 4.79.